The Hall–Kier alpha value is -1.49. The first-order chi connectivity index (χ1) is 7.83. The first kappa shape index (κ1) is 9.72. The fraction of sp³-hybridized carbons (Fsp3) is 0.273. The van der Waals surface area contributed by atoms with Crippen LogP contribution in [0.4, 0.5) is 0 Å². The van der Waals surface area contributed by atoms with Crippen molar-refractivity contribution in [3.05, 3.63) is 23.8 Å². The lowest BCUT2D eigenvalue weighted by atomic mass is 10.2. The van der Waals surface area contributed by atoms with Crippen molar-refractivity contribution >= 4 is 24.1 Å². The molecule has 0 aromatic heterocycles. The topological polar surface area (TPSA) is 50.7 Å². The molecule has 1 fully saturated rings. The van der Waals surface area contributed by atoms with Crippen LogP contribution >= 0.6 is 11.9 Å². The van der Waals surface area contributed by atoms with Gasteiger partial charge in [0.25, 0.3) is 0 Å². The highest BCUT2D eigenvalue weighted by molar-refractivity contribution is 7.97. The average Bonchev–Trinajstić information content (AvgIpc) is 3.12. The van der Waals surface area contributed by atoms with E-state index < -0.39 is 0 Å². The Balaban J connectivity index is 1.80. The second-order valence-corrected chi connectivity index (χ2v) is 4.67. The van der Waals surface area contributed by atoms with Crippen LogP contribution in [-0.2, 0) is 4.79 Å². The molecule has 0 amide bonds. The number of hydrogen-bond donors (Lipinski definition) is 1. The summed E-state index contributed by atoms with van der Waals surface area (Å²) in [5.74, 6) is 0.631. The highest BCUT2D eigenvalue weighted by Gasteiger charge is 2.31. The molecule has 1 saturated carbocycles. The van der Waals surface area contributed by atoms with E-state index in [1.165, 1.54) is 11.9 Å². The van der Waals surface area contributed by atoms with Crippen LogP contribution in [0.5, 0.6) is 5.75 Å². The van der Waals surface area contributed by atoms with Crippen LogP contribution in [-0.4, -0.2) is 12.2 Å². The zero-order valence-corrected chi connectivity index (χ0v) is 9.29. The second-order valence-electron chi connectivity index (χ2n) is 3.85. The summed E-state index contributed by atoms with van der Waals surface area (Å²) in [5, 5.41) is 3.93. The molecule has 5 heteroatoms. The maximum atomic E-state index is 11.5. The molecule has 1 heterocycles. The van der Waals surface area contributed by atoms with Crippen LogP contribution in [0.3, 0.4) is 0 Å². The molecule has 0 saturated heterocycles. The summed E-state index contributed by atoms with van der Waals surface area (Å²) in [6, 6.07) is 5.57. The Kier molecular flexibility index (Phi) is 2.32. The summed E-state index contributed by atoms with van der Waals surface area (Å²) in [5.41, 5.74) is 1.04. The quantitative estimate of drug-likeness (QED) is 0.482. The van der Waals surface area contributed by atoms with Gasteiger partial charge in [0, 0.05) is 22.4 Å². The van der Waals surface area contributed by atoms with Crippen molar-refractivity contribution in [3.8, 4) is 5.75 Å². The van der Waals surface area contributed by atoms with Gasteiger partial charge >= 0.3 is 5.97 Å². The van der Waals surface area contributed by atoms with Crippen molar-refractivity contribution in [3.63, 3.8) is 0 Å². The number of carbonyl (C=O) groups excluding carboxylic acids is 1. The van der Waals surface area contributed by atoms with Crippen LogP contribution < -0.4 is 9.57 Å². The van der Waals surface area contributed by atoms with Gasteiger partial charge in [-0.1, -0.05) is 0 Å². The third kappa shape index (κ3) is 1.90. The smallest absolute Gasteiger partial charge is 0.314 e. The zero-order valence-electron chi connectivity index (χ0n) is 8.47. The predicted octanol–water partition coefficient (Wildman–Crippen LogP) is 1.95. The van der Waals surface area contributed by atoms with E-state index in [9.17, 15) is 4.79 Å². The van der Waals surface area contributed by atoms with Crippen LogP contribution in [0.1, 0.15) is 18.4 Å². The highest BCUT2D eigenvalue weighted by Crippen LogP contribution is 2.32. The van der Waals surface area contributed by atoms with Gasteiger partial charge in [0.2, 0.25) is 0 Å². The normalized spacial score (nSPS) is 17.5. The van der Waals surface area contributed by atoms with E-state index in [0.29, 0.717) is 5.75 Å². The van der Waals surface area contributed by atoms with Crippen LogP contribution in [0.25, 0.3) is 0 Å². The fourth-order valence-corrected chi connectivity index (χ4v) is 2.08. The number of ether oxygens (including phenoxy) is 1. The summed E-state index contributed by atoms with van der Waals surface area (Å²) < 4.78 is 5.28. The highest BCUT2D eigenvalue weighted by atomic mass is 32.2. The number of nitrogens with zero attached hydrogens (tertiary/aromatic N) is 1. The van der Waals surface area contributed by atoms with E-state index in [1.807, 2.05) is 12.1 Å². The Bertz CT molecular complexity index is 469. The molecule has 0 atom stereocenters. The van der Waals surface area contributed by atoms with Crippen molar-refractivity contribution in [1.29, 1.82) is 0 Å². The molecule has 1 aliphatic carbocycles. The van der Waals surface area contributed by atoms with Gasteiger partial charge in [-0.2, -0.15) is 5.10 Å². The number of hydrogen-bond acceptors (Lipinski definition) is 5. The minimum Gasteiger partial charge on any atom is -0.426 e. The number of rotatable bonds is 2. The number of nitrogens with one attached hydrogen (secondary N) is 1. The van der Waals surface area contributed by atoms with E-state index >= 15 is 0 Å². The van der Waals surface area contributed by atoms with Gasteiger partial charge in [0.05, 0.1) is 12.1 Å². The van der Waals surface area contributed by atoms with Crippen molar-refractivity contribution in [1.82, 2.24) is 4.83 Å². The molecule has 0 unspecified atom stereocenters. The lowest BCUT2D eigenvalue weighted by Gasteiger charge is -2.11. The second kappa shape index (κ2) is 3.83. The van der Waals surface area contributed by atoms with Gasteiger partial charge < -0.3 is 4.74 Å². The van der Waals surface area contributed by atoms with Crippen LogP contribution in [0, 0.1) is 5.92 Å². The molecule has 1 aromatic rings. The van der Waals surface area contributed by atoms with Gasteiger partial charge in [0.1, 0.15) is 5.75 Å². The predicted molar refractivity (Wildman–Crippen MR) is 61.4 cm³/mol. The SMILES string of the molecule is O=C(Oc1ccc2c(c1)SNN=C2)C1CC1. The minimum atomic E-state index is -0.109. The first-order valence-electron chi connectivity index (χ1n) is 5.13. The van der Waals surface area contributed by atoms with Gasteiger partial charge in [0.15, 0.2) is 0 Å². The van der Waals surface area contributed by atoms with E-state index in [1.54, 1.807) is 12.3 Å². The van der Waals surface area contributed by atoms with Gasteiger partial charge in [-0.25, -0.2) is 4.83 Å². The lowest BCUT2D eigenvalue weighted by molar-refractivity contribution is -0.135. The third-order valence-electron chi connectivity index (χ3n) is 2.53. The average molecular weight is 234 g/mol. The van der Waals surface area contributed by atoms with E-state index in [4.69, 9.17) is 4.74 Å². The van der Waals surface area contributed by atoms with Crippen molar-refractivity contribution in [2.75, 3.05) is 0 Å². The molecule has 82 valence electrons. The summed E-state index contributed by atoms with van der Waals surface area (Å²) >= 11 is 1.41. The Morgan fingerprint density at radius 3 is 3.19 bits per heavy atom. The maximum absolute atomic E-state index is 11.5. The number of benzene rings is 1. The molecule has 0 spiro atoms. The molecule has 3 rings (SSSR count). The summed E-state index contributed by atoms with van der Waals surface area (Å²) in [4.78, 5) is 15.3. The zero-order chi connectivity index (χ0) is 11.0. The minimum absolute atomic E-state index is 0.109. The van der Waals surface area contributed by atoms with Gasteiger partial charge in [-0.05, 0) is 31.0 Å². The lowest BCUT2D eigenvalue weighted by Crippen LogP contribution is -2.10. The molecule has 1 N–H and O–H groups in total. The molecule has 2 aliphatic rings. The number of fused-ring (bicyclic) bond motifs is 1. The fourth-order valence-electron chi connectivity index (χ4n) is 1.46. The van der Waals surface area contributed by atoms with Crippen molar-refractivity contribution in [2.45, 2.75) is 17.7 Å². The van der Waals surface area contributed by atoms with E-state index in [2.05, 4.69) is 9.93 Å². The van der Waals surface area contributed by atoms with Gasteiger partial charge in [-0.3, -0.25) is 4.79 Å². The maximum Gasteiger partial charge on any atom is 0.314 e. The molecule has 0 bridgehead atoms. The largest absolute Gasteiger partial charge is 0.426 e. The molecule has 0 radical (unpaired) electrons. The van der Waals surface area contributed by atoms with Gasteiger partial charge in [-0.15, -0.1) is 0 Å². The Labute approximate surface area is 97.2 Å². The van der Waals surface area contributed by atoms with Crippen LogP contribution in [0.15, 0.2) is 28.2 Å². The third-order valence-corrected chi connectivity index (χ3v) is 3.30. The van der Waals surface area contributed by atoms with Crippen molar-refractivity contribution < 1.29 is 9.53 Å². The molecule has 1 aromatic carbocycles. The molecule has 1 aliphatic heterocycles. The number of hydrazone groups is 1. The Morgan fingerprint density at radius 1 is 1.50 bits per heavy atom. The number of esters is 1. The van der Waals surface area contributed by atoms with Crippen LogP contribution in [0.2, 0.25) is 0 Å². The summed E-state index contributed by atoms with van der Waals surface area (Å²) in [7, 11) is 0. The first-order valence-corrected chi connectivity index (χ1v) is 5.95. The standard InChI is InChI=1S/C11H10N2O2S/c14-11(7-1-2-7)15-9-4-3-8-6-12-13-16-10(8)5-9/h3-7,13H,1-2H2. The summed E-state index contributed by atoms with van der Waals surface area (Å²) in [6.07, 6.45) is 3.68. The van der Waals surface area contributed by atoms with Crippen molar-refractivity contribution in [2.24, 2.45) is 11.0 Å². The van der Waals surface area contributed by atoms with E-state index in [0.717, 1.165) is 23.3 Å². The monoisotopic (exact) mass is 234 g/mol. The molecule has 16 heavy (non-hydrogen) atoms. The van der Waals surface area contributed by atoms with E-state index in [-0.39, 0.29) is 11.9 Å². The molecular weight excluding hydrogens is 224 g/mol. The summed E-state index contributed by atoms with van der Waals surface area (Å²) in [6.45, 7) is 0. The molecule has 4 nitrogen and oxygen atoms in total. The Morgan fingerprint density at radius 2 is 2.38 bits per heavy atom. The molecular formula is C11H10N2O2S. The number of carbonyl (C=O) groups is 1.